The number of sulfonamides is 1. The fourth-order valence-corrected chi connectivity index (χ4v) is 4.80. The van der Waals surface area contributed by atoms with Gasteiger partial charge in [0.2, 0.25) is 10.0 Å². The minimum atomic E-state index is -3.50. The van der Waals surface area contributed by atoms with Gasteiger partial charge in [-0.3, -0.25) is 0 Å². The van der Waals surface area contributed by atoms with Crippen LogP contribution in [0.2, 0.25) is 0 Å². The van der Waals surface area contributed by atoms with E-state index in [0.717, 1.165) is 19.3 Å². The largest absolute Gasteiger partial charge is 0.384 e. The summed E-state index contributed by atoms with van der Waals surface area (Å²) in [5.74, 6) is 5.29. The molecule has 0 radical (unpaired) electrons. The second kappa shape index (κ2) is 6.61. The van der Waals surface area contributed by atoms with E-state index in [1.165, 1.54) is 0 Å². The zero-order valence-corrected chi connectivity index (χ0v) is 13.2. The number of aliphatic hydroxyl groups is 1. The van der Waals surface area contributed by atoms with E-state index >= 15 is 0 Å². The third kappa shape index (κ3) is 3.46. The van der Waals surface area contributed by atoms with Gasteiger partial charge in [-0.05, 0) is 44.9 Å². The van der Waals surface area contributed by atoms with Crippen LogP contribution < -0.4 is 0 Å². The number of benzene rings is 1. The average molecular weight is 307 g/mol. The molecule has 0 amide bonds. The van der Waals surface area contributed by atoms with Gasteiger partial charge in [0.1, 0.15) is 6.61 Å². The Hall–Kier alpha value is -1.35. The lowest BCUT2D eigenvalue weighted by Crippen LogP contribution is -2.47. The highest BCUT2D eigenvalue weighted by molar-refractivity contribution is 7.89. The molecule has 0 saturated carbocycles. The Labute approximate surface area is 126 Å². The van der Waals surface area contributed by atoms with Crippen molar-refractivity contribution in [3.05, 3.63) is 29.8 Å². The van der Waals surface area contributed by atoms with Crippen LogP contribution in [0.4, 0.5) is 0 Å². The van der Waals surface area contributed by atoms with Crippen molar-refractivity contribution in [3.8, 4) is 11.8 Å². The Bertz CT molecular complexity index is 648. The normalized spacial score (nSPS) is 23.4. The molecule has 0 bridgehead atoms. The van der Waals surface area contributed by atoms with Gasteiger partial charge in [-0.2, -0.15) is 4.31 Å². The molecule has 2 rings (SSSR count). The first-order chi connectivity index (χ1) is 9.96. The second-order valence-corrected chi connectivity index (χ2v) is 7.29. The summed E-state index contributed by atoms with van der Waals surface area (Å²) in [4.78, 5) is 0.271. The maximum absolute atomic E-state index is 12.9. The maximum atomic E-state index is 12.9. The zero-order chi connectivity index (χ0) is 15.5. The summed E-state index contributed by atoms with van der Waals surface area (Å²) in [6.45, 7) is 3.68. The van der Waals surface area contributed by atoms with Crippen LogP contribution in [0.15, 0.2) is 29.2 Å². The monoisotopic (exact) mass is 307 g/mol. The Balaban J connectivity index is 2.39. The zero-order valence-electron chi connectivity index (χ0n) is 12.4. The molecule has 4 nitrogen and oxygen atoms in total. The molecule has 2 unspecified atom stereocenters. The van der Waals surface area contributed by atoms with E-state index in [9.17, 15) is 8.42 Å². The van der Waals surface area contributed by atoms with Gasteiger partial charge in [0.05, 0.1) is 4.90 Å². The summed E-state index contributed by atoms with van der Waals surface area (Å²) >= 11 is 0. The Morgan fingerprint density at radius 2 is 1.95 bits per heavy atom. The van der Waals surface area contributed by atoms with Crippen molar-refractivity contribution in [1.29, 1.82) is 0 Å². The molecule has 1 saturated heterocycles. The fourth-order valence-electron chi connectivity index (χ4n) is 2.87. The van der Waals surface area contributed by atoms with Gasteiger partial charge >= 0.3 is 0 Å². The number of piperidine rings is 1. The lowest BCUT2D eigenvalue weighted by Gasteiger charge is -2.37. The van der Waals surface area contributed by atoms with Crippen molar-refractivity contribution in [1.82, 2.24) is 4.31 Å². The number of nitrogens with zero attached hydrogens (tertiary/aromatic N) is 1. The summed E-state index contributed by atoms with van der Waals surface area (Å²) in [7, 11) is -3.50. The molecule has 1 heterocycles. The number of rotatable bonds is 2. The minimum Gasteiger partial charge on any atom is -0.384 e. The molecule has 1 aromatic carbocycles. The van der Waals surface area contributed by atoms with Gasteiger partial charge in [0.25, 0.3) is 0 Å². The summed E-state index contributed by atoms with van der Waals surface area (Å²) in [6.07, 6.45) is 2.86. The fraction of sp³-hybridized carbons (Fsp3) is 0.500. The Morgan fingerprint density at radius 1 is 1.29 bits per heavy atom. The van der Waals surface area contributed by atoms with Gasteiger partial charge in [-0.15, -0.1) is 0 Å². The van der Waals surface area contributed by atoms with E-state index in [-0.39, 0.29) is 23.6 Å². The molecule has 114 valence electrons. The first kappa shape index (κ1) is 16.0. The van der Waals surface area contributed by atoms with Crippen LogP contribution in [0.1, 0.15) is 38.7 Å². The number of aliphatic hydroxyl groups excluding tert-OH is 1. The smallest absolute Gasteiger partial charge is 0.243 e. The number of hydrogen-bond donors (Lipinski definition) is 1. The predicted molar refractivity (Wildman–Crippen MR) is 82.2 cm³/mol. The average Bonchev–Trinajstić information content (AvgIpc) is 2.45. The SMILES string of the molecule is CC1CCCC(C)N1S(=O)(=O)c1cccc(C#CCO)c1. The first-order valence-electron chi connectivity index (χ1n) is 7.20. The van der Waals surface area contributed by atoms with Crippen molar-refractivity contribution in [2.45, 2.75) is 50.1 Å². The molecular formula is C16H21NO3S. The summed E-state index contributed by atoms with van der Waals surface area (Å²) < 4.78 is 27.3. The molecule has 0 aliphatic carbocycles. The number of hydrogen-bond acceptors (Lipinski definition) is 3. The summed E-state index contributed by atoms with van der Waals surface area (Å²) in [5, 5.41) is 8.73. The van der Waals surface area contributed by atoms with Crippen LogP contribution >= 0.6 is 0 Å². The topological polar surface area (TPSA) is 57.6 Å². The summed E-state index contributed by atoms with van der Waals surface area (Å²) in [5.41, 5.74) is 0.599. The van der Waals surface area contributed by atoms with Crippen molar-refractivity contribution in [2.75, 3.05) is 6.61 Å². The molecule has 1 fully saturated rings. The van der Waals surface area contributed by atoms with Crippen LogP contribution in [0.25, 0.3) is 0 Å². The predicted octanol–water partition coefficient (Wildman–Crippen LogP) is 1.98. The van der Waals surface area contributed by atoms with E-state index in [0.29, 0.717) is 5.56 Å². The molecule has 5 heteroatoms. The van der Waals surface area contributed by atoms with E-state index in [2.05, 4.69) is 11.8 Å². The molecule has 1 aromatic rings. The quantitative estimate of drug-likeness (QED) is 0.850. The second-order valence-electron chi connectivity index (χ2n) is 5.45. The third-order valence-corrected chi connectivity index (χ3v) is 5.96. The minimum absolute atomic E-state index is 0.0194. The van der Waals surface area contributed by atoms with Gasteiger partial charge < -0.3 is 5.11 Å². The lowest BCUT2D eigenvalue weighted by molar-refractivity contribution is 0.204. The van der Waals surface area contributed by atoms with Gasteiger partial charge in [0, 0.05) is 17.6 Å². The van der Waals surface area contributed by atoms with Crippen molar-refractivity contribution >= 4 is 10.0 Å². The highest BCUT2D eigenvalue weighted by atomic mass is 32.2. The molecule has 1 aliphatic rings. The molecule has 1 N–H and O–H groups in total. The molecule has 0 spiro atoms. The van der Waals surface area contributed by atoms with Crippen LogP contribution in [0.3, 0.4) is 0 Å². The third-order valence-electron chi connectivity index (χ3n) is 3.83. The molecule has 0 aromatic heterocycles. The van der Waals surface area contributed by atoms with E-state index in [4.69, 9.17) is 5.11 Å². The van der Waals surface area contributed by atoms with Crippen LogP contribution in [0.5, 0.6) is 0 Å². The Morgan fingerprint density at radius 3 is 2.57 bits per heavy atom. The Kier molecular flexibility index (Phi) is 5.04. The molecule has 2 atom stereocenters. The highest BCUT2D eigenvalue weighted by Crippen LogP contribution is 2.29. The van der Waals surface area contributed by atoms with Crippen LogP contribution in [-0.2, 0) is 10.0 Å². The molecular weight excluding hydrogens is 286 g/mol. The van der Waals surface area contributed by atoms with Gasteiger partial charge in [-0.25, -0.2) is 8.42 Å². The van der Waals surface area contributed by atoms with E-state index in [1.54, 1.807) is 28.6 Å². The van der Waals surface area contributed by atoms with Crippen LogP contribution in [0, 0.1) is 11.8 Å². The van der Waals surface area contributed by atoms with Gasteiger partial charge in [0.15, 0.2) is 0 Å². The molecule has 1 aliphatic heterocycles. The lowest BCUT2D eigenvalue weighted by atomic mass is 10.0. The van der Waals surface area contributed by atoms with E-state index < -0.39 is 10.0 Å². The van der Waals surface area contributed by atoms with Crippen molar-refractivity contribution in [3.63, 3.8) is 0 Å². The van der Waals surface area contributed by atoms with Crippen molar-refractivity contribution < 1.29 is 13.5 Å². The molecule has 21 heavy (non-hydrogen) atoms. The highest BCUT2D eigenvalue weighted by Gasteiger charge is 2.35. The van der Waals surface area contributed by atoms with Crippen LogP contribution in [-0.4, -0.2) is 36.5 Å². The van der Waals surface area contributed by atoms with Crippen molar-refractivity contribution in [2.24, 2.45) is 0 Å². The van der Waals surface area contributed by atoms with E-state index in [1.807, 2.05) is 13.8 Å². The maximum Gasteiger partial charge on any atom is 0.243 e. The van der Waals surface area contributed by atoms with Gasteiger partial charge in [-0.1, -0.05) is 24.3 Å². The first-order valence-corrected chi connectivity index (χ1v) is 8.64. The standard InChI is InChI=1S/C16H21NO3S/c1-13-6-3-7-14(2)17(13)21(19,20)16-10-4-8-15(12-16)9-5-11-18/h4,8,10,12-14,18H,3,6-7,11H2,1-2H3. The summed E-state index contributed by atoms with van der Waals surface area (Å²) in [6, 6.07) is 6.65.